The van der Waals surface area contributed by atoms with Crippen LogP contribution in [0.5, 0.6) is 0 Å². The Balaban J connectivity index is 1.51. The fourth-order valence-corrected chi connectivity index (χ4v) is 4.89. The molecular weight excluding hydrogens is 447 g/mol. The molecule has 3 heterocycles. The van der Waals surface area contributed by atoms with Crippen molar-refractivity contribution in [2.45, 2.75) is 31.0 Å². The van der Waals surface area contributed by atoms with E-state index in [1.54, 1.807) is 0 Å². The first kappa shape index (κ1) is 22.2. The summed E-state index contributed by atoms with van der Waals surface area (Å²) in [6, 6.07) is 10.0. The van der Waals surface area contributed by atoms with Crippen LogP contribution in [-0.4, -0.2) is 42.7 Å². The summed E-state index contributed by atoms with van der Waals surface area (Å²) < 4.78 is 46.0. The van der Waals surface area contributed by atoms with Crippen molar-refractivity contribution >= 4 is 23.0 Å². The Hall–Kier alpha value is -3.58. The summed E-state index contributed by atoms with van der Waals surface area (Å²) >= 11 is 0. The number of morpholine rings is 1. The van der Waals surface area contributed by atoms with Crippen molar-refractivity contribution in [1.29, 1.82) is 5.26 Å². The molecule has 1 aliphatic carbocycles. The van der Waals surface area contributed by atoms with Crippen molar-refractivity contribution in [3.05, 3.63) is 60.2 Å². The maximum Gasteiger partial charge on any atom is 0.419 e. The molecule has 1 aromatic heterocycles. The Morgan fingerprint density at radius 1 is 1.09 bits per heavy atom. The van der Waals surface area contributed by atoms with Gasteiger partial charge in [-0.1, -0.05) is 6.58 Å². The molecule has 0 unspecified atom stereocenters. The van der Waals surface area contributed by atoms with E-state index in [4.69, 9.17) is 10.00 Å². The molecule has 0 N–H and O–H groups in total. The van der Waals surface area contributed by atoms with Gasteiger partial charge in [0.1, 0.15) is 17.4 Å². The van der Waals surface area contributed by atoms with Gasteiger partial charge in [0.2, 0.25) is 0 Å². The van der Waals surface area contributed by atoms with Crippen LogP contribution in [0.15, 0.2) is 48.9 Å². The average molecular weight is 469 g/mol. The third kappa shape index (κ3) is 3.39. The largest absolute Gasteiger partial charge is 0.419 e. The minimum Gasteiger partial charge on any atom is -0.378 e. The van der Waals surface area contributed by atoms with E-state index < -0.39 is 23.0 Å². The maximum atomic E-state index is 13.6. The molecule has 34 heavy (non-hydrogen) atoms. The van der Waals surface area contributed by atoms with Gasteiger partial charge in [0.15, 0.2) is 5.69 Å². The quantitative estimate of drug-likeness (QED) is 0.675. The second-order valence-electron chi connectivity index (χ2n) is 8.59. The lowest BCUT2D eigenvalue weighted by molar-refractivity contribution is -0.138. The van der Waals surface area contributed by atoms with E-state index >= 15 is 0 Å². The zero-order valence-electron chi connectivity index (χ0n) is 18.3. The molecule has 1 spiro atoms. The lowest BCUT2D eigenvalue weighted by atomic mass is 9.75. The fraction of sp³-hybridized carbons (Fsp3) is 0.375. The zero-order chi connectivity index (χ0) is 24.1. The van der Waals surface area contributed by atoms with Gasteiger partial charge in [-0.25, -0.2) is 4.98 Å². The lowest BCUT2D eigenvalue weighted by Crippen LogP contribution is -2.54. The van der Waals surface area contributed by atoms with Gasteiger partial charge in [-0.05, 0) is 49.6 Å². The number of hydrogen-bond donors (Lipinski definition) is 0. The molecular formula is C24H22F3N5O2. The monoisotopic (exact) mass is 469 g/mol. The summed E-state index contributed by atoms with van der Waals surface area (Å²) in [7, 11) is 0. The number of benzene rings is 1. The Labute approximate surface area is 194 Å². The molecule has 0 bridgehead atoms. The highest BCUT2D eigenvalue weighted by Gasteiger charge is 2.59. The number of nitriles is 1. The van der Waals surface area contributed by atoms with Crippen LogP contribution < -0.4 is 14.7 Å². The summed E-state index contributed by atoms with van der Waals surface area (Å²) in [5, 5.41) is 9.05. The Morgan fingerprint density at radius 2 is 1.74 bits per heavy atom. The minimum atomic E-state index is -4.78. The van der Waals surface area contributed by atoms with E-state index in [2.05, 4.69) is 16.5 Å². The highest BCUT2D eigenvalue weighted by atomic mass is 19.4. The van der Waals surface area contributed by atoms with E-state index in [-0.39, 0.29) is 17.4 Å². The van der Waals surface area contributed by atoms with Gasteiger partial charge in [0.05, 0.1) is 30.7 Å². The van der Waals surface area contributed by atoms with Gasteiger partial charge < -0.3 is 14.5 Å². The number of rotatable bonds is 3. The van der Waals surface area contributed by atoms with E-state index in [0.717, 1.165) is 43.1 Å². The summed E-state index contributed by atoms with van der Waals surface area (Å²) in [6.07, 6.45) is -1.69. The van der Waals surface area contributed by atoms with Crippen molar-refractivity contribution in [3.8, 4) is 6.07 Å². The standard InChI is InChI=1S/C24H22F3N5O2/c1-16-31(19-13-20(24(25,26)27)21(14-28)29-15-19)22(33)23(7-2-8-23)32(16)18-5-3-17(4-6-18)30-9-11-34-12-10-30/h3-6,13,15H,1-2,7-12H2. The summed E-state index contributed by atoms with van der Waals surface area (Å²) in [5.74, 6) is -0.0657. The summed E-state index contributed by atoms with van der Waals surface area (Å²) in [5.41, 5.74) is -1.07. The van der Waals surface area contributed by atoms with Crippen LogP contribution in [0.4, 0.5) is 30.2 Å². The van der Waals surface area contributed by atoms with Gasteiger partial charge >= 0.3 is 6.18 Å². The first-order valence-electron chi connectivity index (χ1n) is 11.0. The highest BCUT2D eigenvalue weighted by molar-refractivity contribution is 6.10. The fourth-order valence-electron chi connectivity index (χ4n) is 4.89. The van der Waals surface area contributed by atoms with Crippen LogP contribution in [0.2, 0.25) is 0 Å². The number of aromatic nitrogens is 1. The number of halogens is 3. The average Bonchev–Trinajstić information content (AvgIpc) is 3.05. The SMILES string of the molecule is C=C1N(c2cnc(C#N)c(C(F)(F)F)c2)C(=O)C2(CCC2)N1c1ccc(N2CCOCC2)cc1. The number of amides is 1. The molecule has 2 aliphatic heterocycles. The highest BCUT2D eigenvalue weighted by Crippen LogP contribution is 2.50. The van der Waals surface area contributed by atoms with Crippen LogP contribution in [-0.2, 0) is 15.7 Å². The molecule has 176 valence electrons. The van der Waals surface area contributed by atoms with Crippen molar-refractivity contribution in [2.24, 2.45) is 0 Å². The van der Waals surface area contributed by atoms with Crippen molar-refractivity contribution in [2.75, 3.05) is 41.0 Å². The maximum absolute atomic E-state index is 13.6. The smallest absolute Gasteiger partial charge is 0.378 e. The molecule has 7 nitrogen and oxygen atoms in total. The predicted octanol–water partition coefficient (Wildman–Crippen LogP) is 4.06. The van der Waals surface area contributed by atoms with E-state index in [9.17, 15) is 18.0 Å². The Kier molecular flexibility index (Phi) is 5.24. The lowest BCUT2D eigenvalue weighted by Gasteiger charge is -2.43. The molecule has 0 radical (unpaired) electrons. The number of anilines is 3. The van der Waals surface area contributed by atoms with Crippen LogP contribution in [0.1, 0.15) is 30.5 Å². The third-order valence-corrected chi connectivity index (χ3v) is 6.75. The molecule has 1 amide bonds. The normalized spacial score (nSPS) is 20.0. The second kappa shape index (κ2) is 8.02. The number of ether oxygens (including phenoxy) is 1. The molecule has 3 aliphatic rings. The van der Waals surface area contributed by atoms with Crippen molar-refractivity contribution in [1.82, 2.24) is 4.98 Å². The van der Waals surface area contributed by atoms with Gasteiger partial charge in [0, 0.05) is 24.5 Å². The number of carbonyl (C=O) groups excluding carboxylic acids is 1. The molecule has 3 fully saturated rings. The topological polar surface area (TPSA) is 72.7 Å². The third-order valence-electron chi connectivity index (χ3n) is 6.75. The number of alkyl halides is 3. The second-order valence-corrected chi connectivity index (χ2v) is 8.59. The van der Waals surface area contributed by atoms with Crippen molar-refractivity contribution in [3.63, 3.8) is 0 Å². The Morgan fingerprint density at radius 3 is 2.29 bits per heavy atom. The van der Waals surface area contributed by atoms with Gasteiger partial charge in [0.25, 0.3) is 5.91 Å². The Bertz CT molecular complexity index is 1180. The number of nitrogens with zero attached hydrogens (tertiary/aromatic N) is 5. The van der Waals surface area contributed by atoms with E-state index in [0.29, 0.717) is 26.1 Å². The van der Waals surface area contributed by atoms with Crippen LogP contribution in [0.3, 0.4) is 0 Å². The molecule has 10 heteroatoms. The minimum absolute atomic E-state index is 0.0555. The van der Waals surface area contributed by atoms with Gasteiger partial charge in [-0.15, -0.1) is 0 Å². The van der Waals surface area contributed by atoms with Crippen molar-refractivity contribution < 1.29 is 22.7 Å². The molecule has 2 aromatic rings. The number of pyridine rings is 1. The molecule has 1 saturated carbocycles. The number of hydrogen-bond acceptors (Lipinski definition) is 6. The van der Waals surface area contributed by atoms with Gasteiger partial charge in [-0.3, -0.25) is 9.69 Å². The molecule has 5 rings (SSSR count). The first-order chi connectivity index (χ1) is 16.3. The van der Waals surface area contributed by atoms with E-state index in [1.165, 1.54) is 11.0 Å². The van der Waals surface area contributed by atoms with Crippen LogP contribution in [0, 0.1) is 11.3 Å². The van der Waals surface area contributed by atoms with Gasteiger partial charge in [-0.2, -0.15) is 18.4 Å². The number of carbonyl (C=O) groups is 1. The first-order valence-corrected chi connectivity index (χ1v) is 11.0. The molecule has 1 aromatic carbocycles. The van der Waals surface area contributed by atoms with E-state index in [1.807, 2.05) is 29.2 Å². The summed E-state index contributed by atoms with van der Waals surface area (Å²) in [4.78, 5) is 22.5. The molecule has 2 saturated heterocycles. The predicted molar refractivity (Wildman–Crippen MR) is 119 cm³/mol. The zero-order valence-corrected chi connectivity index (χ0v) is 18.3. The van der Waals surface area contributed by atoms with Crippen LogP contribution >= 0.6 is 0 Å². The van der Waals surface area contributed by atoms with Crippen LogP contribution in [0.25, 0.3) is 0 Å². The summed E-state index contributed by atoms with van der Waals surface area (Å²) in [6.45, 7) is 6.98. The molecule has 0 atom stereocenters.